The summed E-state index contributed by atoms with van der Waals surface area (Å²) < 4.78 is 5.56. The zero-order valence-corrected chi connectivity index (χ0v) is 10.6. The maximum absolute atomic E-state index is 5.86. The summed E-state index contributed by atoms with van der Waals surface area (Å²) in [5, 5.41) is 0. The maximum Gasteiger partial charge on any atom is 0.239 e. The van der Waals surface area contributed by atoms with Gasteiger partial charge in [-0.2, -0.15) is 4.98 Å². The van der Waals surface area contributed by atoms with Gasteiger partial charge in [0.05, 0.1) is 12.3 Å². The molecular weight excluding hydrogens is 214 g/mol. The molecule has 2 N–H and O–H groups in total. The average molecular weight is 235 g/mol. The highest BCUT2D eigenvalue weighted by Crippen LogP contribution is 2.28. The number of rotatable bonds is 4. The van der Waals surface area contributed by atoms with E-state index in [1.54, 1.807) is 0 Å². The van der Waals surface area contributed by atoms with Crippen molar-refractivity contribution in [2.45, 2.75) is 39.2 Å². The van der Waals surface area contributed by atoms with E-state index in [1.807, 2.05) is 12.1 Å². The van der Waals surface area contributed by atoms with Crippen LogP contribution < -0.4 is 15.4 Å². The van der Waals surface area contributed by atoms with Gasteiger partial charge in [-0.15, -0.1) is 0 Å². The summed E-state index contributed by atoms with van der Waals surface area (Å²) in [6, 6.07) is 4.43. The van der Waals surface area contributed by atoms with E-state index in [4.69, 9.17) is 10.5 Å². The minimum absolute atomic E-state index is 0.560. The van der Waals surface area contributed by atoms with Crippen LogP contribution in [0.15, 0.2) is 12.1 Å². The van der Waals surface area contributed by atoms with Crippen LogP contribution in [0.3, 0.4) is 0 Å². The second-order valence-electron chi connectivity index (χ2n) is 4.60. The summed E-state index contributed by atoms with van der Waals surface area (Å²) in [5.74, 6) is 1.55. The first-order valence-electron chi connectivity index (χ1n) is 6.38. The highest BCUT2D eigenvalue weighted by molar-refractivity contribution is 5.55. The van der Waals surface area contributed by atoms with Crippen LogP contribution in [0.2, 0.25) is 0 Å². The fourth-order valence-electron chi connectivity index (χ4n) is 2.19. The minimum atomic E-state index is 0.560. The molecule has 0 bridgehead atoms. The van der Waals surface area contributed by atoms with Gasteiger partial charge < -0.3 is 15.4 Å². The number of pyridine rings is 1. The first-order chi connectivity index (χ1) is 8.22. The Bertz CT molecular complexity index is 381. The lowest BCUT2D eigenvalue weighted by Gasteiger charge is -2.23. The van der Waals surface area contributed by atoms with E-state index in [0.717, 1.165) is 18.8 Å². The van der Waals surface area contributed by atoms with Crippen LogP contribution in [-0.2, 0) is 0 Å². The van der Waals surface area contributed by atoms with Gasteiger partial charge in [0.2, 0.25) is 5.88 Å². The van der Waals surface area contributed by atoms with Crippen LogP contribution in [0.25, 0.3) is 0 Å². The maximum atomic E-state index is 5.86. The zero-order chi connectivity index (χ0) is 12.3. The topological polar surface area (TPSA) is 51.4 Å². The van der Waals surface area contributed by atoms with Crippen molar-refractivity contribution in [3.63, 3.8) is 0 Å². The van der Waals surface area contributed by atoms with Crippen molar-refractivity contribution >= 4 is 11.5 Å². The summed E-state index contributed by atoms with van der Waals surface area (Å²) in [4.78, 5) is 6.84. The van der Waals surface area contributed by atoms with Crippen LogP contribution in [0, 0.1) is 0 Å². The molecule has 0 aliphatic carbocycles. The van der Waals surface area contributed by atoms with Crippen molar-refractivity contribution in [3.05, 3.63) is 12.1 Å². The lowest BCUT2D eigenvalue weighted by molar-refractivity contribution is 0.307. The molecule has 0 spiro atoms. The molecular formula is C13H21N3O. The summed E-state index contributed by atoms with van der Waals surface area (Å²) in [5.41, 5.74) is 6.48. The monoisotopic (exact) mass is 235 g/mol. The van der Waals surface area contributed by atoms with Gasteiger partial charge in [0.15, 0.2) is 0 Å². The Morgan fingerprint density at radius 3 is 3.00 bits per heavy atom. The standard InChI is InChI=1S/C13H21N3O/c1-3-9-17-13-11(14)6-7-12(15-13)16-8-4-5-10(16)2/h6-7,10H,3-5,8-9,14H2,1-2H3. The molecule has 0 saturated carbocycles. The Kier molecular flexibility index (Phi) is 3.71. The molecule has 0 radical (unpaired) electrons. The van der Waals surface area contributed by atoms with Gasteiger partial charge >= 0.3 is 0 Å². The van der Waals surface area contributed by atoms with Gasteiger partial charge in [0, 0.05) is 12.6 Å². The number of anilines is 2. The largest absolute Gasteiger partial charge is 0.476 e. The lowest BCUT2D eigenvalue weighted by atomic mass is 10.2. The molecule has 1 aliphatic heterocycles. The highest BCUT2D eigenvalue weighted by Gasteiger charge is 2.22. The van der Waals surface area contributed by atoms with E-state index < -0.39 is 0 Å². The number of hydrogen-bond acceptors (Lipinski definition) is 4. The summed E-state index contributed by atoms with van der Waals surface area (Å²) in [6.07, 6.45) is 3.43. The number of nitrogens with zero attached hydrogens (tertiary/aromatic N) is 2. The van der Waals surface area contributed by atoms with Crippen LogP contribution in [0.1, 0.15) is 33.1 Å². The quantitative estimate of drug-likeness (QED) is 0.871. The lowest BCUT2D eigenvalue weighted by Crippen LogP contribution is -2.27. The fraction of sp³-hybridized carbons (Fsp3) is 0.615. The van der Waals surface area contributed by atoms with Crippen molar-refractivity contribution in [2.75, 3.05) is 23.8 Å². The van der Waals surface area contributed by atoms with E-state index in [2.05, 4.69) is 23.7 Å². The van der Waals surface area contributed by atoms with E-state index >= 15 is 0 Å². The molecule has 0 amide bonds. The van der Waals surface area contributed by atoms with Crippen LogP contribution >= 0.6 is 0 Å². The predicted molar refractivity (Wildman–Crippen MR) is 70.5 cm³/mol. The molecule has 94 valence electrons. The molecule has 4 nitrogen and oxygen atoms in total. The molecule has 1 aromatic heterocycles. The Hall–Kier alpha value is -1.45. The second kappa shape index (κ2) is 5.25. The second-order valence-corrected chi connectivity index (χ2v) is 4.60. The Balaban J connectivity index is 2.17. The fourth-order valence-corrected chi connectivity index (χ4v) is 2.19. The molecule has 2 heterocycles. The van der Waals surface area contributed by atoms with Crippen molar-refractivity contribution < 1.29 is 4.74 Å². The molecule has 1 aromatic rings. The van der Waals surface area contributed by atoms with Crippen molar-refractivity contribution in [2.24, 2.45) is 0 Å². The Morgan fingerprint density at radius 1 is 1.53 bits per heavy atom. The number of aromatic nitrogens is 1. The van der Waals surface area contributed by atoms with Crippen molar-refractivity contribution in [3.8, 4) is 5.88 Å². The van der Waals surface area contributed by atoms with Gasteiger partial charge in [-0.25, -0.2) is 0 Å². The third kappa shape index (κ3) is 2.62. The van der Waals surface area contributed by atoms with E-state index in [0.29, 0.717) is 24.2 Å². The number of hydrogen-bond donors (Lipinski definition) is 1. The molecule has 17 heavy (non-hydrogen) atoms. The average Bonchev–Trinajstić information content (AvgIpc) is 2.75. The third-order valence-corrected chi connectivity index (χ3v) is 3.17. The zero-order valence-electron chi connectivity index (χ0n) is 10.6. The molecule has 4 heteroatoms. The van der Waals surface area contributed by atoms with Gasteiger partial charge in [-0.1, -0.05) is 6.92 Å². The summed E-state index contributed by atoms with van der Waals surface area (Å²) in [6.45, 7) is 6.04. The van der Waals surface area contributed by atoms with Gasteiger partial charge in [0.1, 0.15) is 5.82 Å². The van der Waals surface area contributed by atoms with E-state index in [9.17, 15) is 0 Å². The first-order valence-corrected chi connectivity index (χ1v) is 6.38. The van der Waals surface area contributed by atoms with Gasteiger partial charge in [-0.05, 0) is 38.3 Å². The number of nitrogen functional groups attached to an aromatic ring is 1. The number of nitrogens with two attached hydrogens (primary N) is 1. The Morgan fingerprint density at radius 2 is 2.35 bits per heavy atom. The first kappa shape index (κ1) is 12.0. The number of ether oxygens (including phenoxy) is 1. The molecule has 1 saturated heterocycles. The highest BCUT2D eigenvalue weighted by atomic mass is 16.5. The SMILES string of the molecule is CCCOc1nc(N2CCCC2C)ccc1N. The molecule has 2 rings (SSSR count). The molecule has 1 fully saturated rings. The van der Waals surface area contributed by atoms with Crippen molar-refractivity contribution in [1.29, 1.82) is 0 Å². The smallest absolute Gasteiger partial charge is 0.239 e. The minimum Gasteiger partial charge on any atom is -0.476 e. The summed E-state index contributed by atoms with van der Waals surface area (Å²) >= 11 is 0. The van der Waals surface area contributed by atoms with Crippen LogP contribution in [0.4, 0.5) is 11.5 Å². The van der Waals surface area contributed by atoms with Crippen LogP contribution in [0.5, 0.6) is 5.88 Å². The van der Waals surface area contributed by atoms with Crippen LogP contribution in [-0.4, -0.2) is 24.2 Å². The van der Waals surface area contributed by atoms with E-state index in [1.165, 1.54) is 12.8 Å². The van der Waals surface area contributed by atoms with Gasteiger partial charge in [-0.3, -0.25) is 0 Å². The third-order valence-electron chi connectivity index (χ3n) is 3.17. The van der Waals surface area contributed by atoms with Crippen molar-refractivity contribution in [1.82, 2.24) is 4.98 Å². The summed E-state index contributed by atoms with van der Waals surface area (Å²) in [7, 11) is 0. The Labute approximate surface area is 103 Å². The normalized spacial score (nSPS) is 19.6. The molecule has 1 atom stereocenters. The molecule has 1 unspecified atom stereocenters. The molecule has 1 aliphatic rings. The predicted octanol–water partition coefficient (Wildman–Crippen LogP) is 2.44. The van der Waals surface area contributed by atoms with Gasteiger partial charge in [0.25, 0.3) is 0 Å². The molecule has 0 aromatic carbocycles. The van der Waals surface area contributed by atoms with E-state index in [-0.39, 0.29) is 0 Å².